The molecule has 0 amide bonds. The van der Waals surface area contributed by atoms with Gasteiger partial charge >= 0.3 is 0 Å². The van der Waals surface area contributed by atoms with Gasteiger partial charge in [0.15, 0.2) is 5.82 Å². The Balaban J connectivity index is 1.96. The second-order valence-electron chi connectivity index (χ2n) is 5.95. The first-order valence-electron chi connectivity index (χ1n) is 7.87. The van der Waals surface area contributed by atoms with Crippen LogP contribution < -0.4 is 5.73 Å². The average molecular weight is 281 g/mol. The van der Waals surface area contributed by atoms with Crippen molar-refractivity contribution in [3.05, 3.63) is 46.8 Å². The zero-order chi connectivity index (χ0) is 14.8. The van der Waals surface area contributed by atoms with Gasteiger partial charge < -0.3 is 5.73 Å². The van der Waals surface area contributed by atoms with Crippen LogP contribution in [0.5, 0.6) is 0 Å². The van der Waals surface area contributed by atoms with E-state index in [1.165, 1.54) is 16.8 Å². The Morgan fingerprint density at radius 2 is 1.95 bits per heavy atom. The van der Waals surface area contributed by atoms with Crippen LogP contribution in [0.2, 0.25) is 0 Å². The van der Waals surface area contributed by atoms with Crippen molar-refractivity contribution in [1.82, 2.24) is 9.97 Å². The molecule has 1 heterocycles. The van der Waals surface area contributed by atoms with Gasteiger partial charge in [-0.2, -0.15) is 0 Å². The lowest BCUT2D eigenvalue weighted by Gasteiger charge is -2.24. The Morgan fingerprint density at radius 3 is 2.62 bits per heavy atom. The van der Waals surface area contributed by atoms with Crippen LogP contribution in [0.15, 0.2) is 24.3 Å². The molecular weight excluding hydrogens is 258 g/mol. The minimum atomic E-state index is 0.592. The Kier molecular flexibility index (Phi) is 4.02. The minimum absolute atomic E-state index is 0.592. The van der Waals surface area contributed by atoms with E-state index in [0.29, 0.717) is 5.92 Å². The van der Waals surface area contributed by atoms with Gasteiger partial charge in [-0.1, -0.05) is 31.2 Å². The maximum Gasteiger partial charge on any atom is 0.159 e. The summed E-state index contributed by atoms with van der Waals surface area (Å²) in [5, 5.41) is 0. The third kappa shape index (κ3) is 2.84. The molecule has 1 aliphatic rings. The molecule has 0 radical (unpaired) electrons. The number of aromatic nitrogens is 2. The predicted molar refractivity (Wildman–Crippen MR) is 86.2 cm³/mol. The van der Waals surface area contributed by atoms with Crippen LogP contribution in [0.1, 0.15) is 35.9 Å². The fourth-order valence-electron chi connectivity index (χ4n) is 3.08. The molecule has 0 saturated carbocycles. The van der Waals surface area contributed by atoms with Crippen LogP contribution >= 0.6 is 0 Å². The minimum Gasteiger partial charge on any atom is -0.330 e. The normalized spacial score (nSPS) is 17.6. The van der Waals surface area contributed by atoms with Gasteiger partial charge in [-0.05, 0) is 56.2 Å². The maximum absolute atomic E-state index is 5.82. The Morgan fingerprint density at radius 1 is 1.19 bits per heavy atom. The summed E-state index contributed by atoms with van der Waals surface area (Å²) in [5.74, 6) is 1.45. The molecule has 2 N–H and O–H groups in total. The van der Waals surface area contributed by atoms with Crippen molar-refractivity contribution in [2.75, 3.05) is 6.54 Å². The van der Waals surface area contributed by atoms with Crippen LogP contribution in [0.25, 0.3) is 11.4 Å². The number of hydrogen-bond acceptors (Lipinski definition) is 3. The molecule has 1 unspecified atom stereocenters. The van der Waals surface area contributed by atoms with E-state index in [9.17, 15) is 0 Å². The smallest absolute Gasteiger partial charge is 0.159 e. The van der Waals surface area contributed by atoms with Crippen LogP contribution in [0.3, 0.4) is 0 Å². The van der Waals surface area contributed by atoms with Crippen molar-refractivity contribution in [3.8, 4) is 11.4 Å². The Bertz CT molecular complexity index is 632. The van der Waals surface area contributed by atoms with Gasteiger partial charge in [0.2, 0.25) is 0 Å². The van der Waals surface area contributed by atoms with Crippen molar-refractivity contribution < 1.29 is 0 Å². The molecule has 0 bridgehead atoms. The first kappa shape index (κ1) is 14.2. The van der Waals surface area contributed by atoms with Gasteiger partial charge in [-0.15, -0.1) is 0 Å². The molecule has 3 rings (SSSR count). The largest absolute Gasteiger partial charge is 0.330 e. The summed E-state index contributed by atoms with van der Waals surface area (Å²) in [5.41, 5.74) is 11.9. The first-order valence-corrected chi connectivity index (χ1v) is 7.87. The lowest BCUT2D eigenvalue weighted by Crippen LogP contribution is -2.24. The maximum atomic E-state index is 5.82. The molecule has 1 aliphatic carbocycles. The summed E-state index contributed by atoms with van der Waals surface area (Å²) in [4.78, 5) is 9.55. The molecule has 3 nitrogen and oxygen atoms in total. The highest BCUT2D eigenvalue weighted by Gasteiger charge is 2.22. The van der Waals surface area contributed by atoms with E-state index in [4.69, 9.17) is 15.7 Å². The van der Waals surface area contributed by atoms with E-state index in [-0.39, 0.29) is 0 Å². The highest BCUT2D eigenvalue weighted by Crippen LogP contribution is 2.28. The summed E-state index contributed by atoms with van der Waals surface area (Å²) in [6.07, 6.45) is 4.27. The molecule has 1 aromatic heterocycles. The summed E-state index contributed by atoms with van der Waals surface area (Å²) >= 11 is 0. The fourth-order valence-corrected chi connectivity index (χ4v) is 3.08. The van der Waals surface area contributed by atoms with E-state index in [1.807, 2.05) is 0 Å². The first-order chi connectivity index (χ1) is 10.2. The van der Waals surface area contributed by atoms with Crippen molar-refractivity contribution >= 4 is 0 Å². The van der Waals surface area contributed by atoms with Crippen LogP contribution in [-0.2, 0) is 19.3 Å². The lowest BCUT2D eigenvalue weighted by molar-refractivity contribution is 0.460. The van der Waals surface area contributed by atoms with Crippen molar-refractivity contribution in [1.29, 1.82) is 0 Å². The zero-order valence-corrected chi connectivity index (χ0v) is 12.9. The van der Waals surface area contributed by atoms with Crippen molar-refractivity contribution in [2.24, 2.45) is 11.7 Å². The van der Waals surface area contributed by atoms with Crippen molar-refractivity contribution in [2.45, 2.75) is 39.5 Å². The van der Waals surface area contributed by atoms with E-state index in [1.54, 1.807) is 0 Å². The van der Waals surface area contributed by atoms with E-state index in [0.717, 1.165) is 49.3 Å². The number of benzene rings is 1. The molecule has 3 heteroatoms. The molecule has 1 aromatic carbocycles. The fraction of sp³-hybridized carbons (Fsp3) is 0.444. The molecule has 0 spiro atoms. The number of fused-ring (bicyclic) bond motifs is 1. The average Bonchev–Trinajstić information content (AvgIpc) is 2.54. The summed E-state index contributed by atoms with van der Waals surface area (Å²) in [7, 11) is 0. The summed E-state index contributed by atoms with van der Waals surface area (Å²) < 4.78 is 0. The zero-order valence-electron chi connectivity index (χ0n) is 12.9. The summed E-state index contributed by atoms with van der Waals surface area (Å²) in [6.45, 7) is 5.03. The molecule has 0 fully saturated rings. The number of nitrogens with zero attached hydrogens (tertiary/aromatic N) is 2. The molecule has 110 valence electrons. The number of nitrogens with two attached hydrogens (primary N) is 1. The SMILES string of the molecule is CCc1ccc(-c2nc(C)c3c(n2)CCC(CN)C3)cc1. The van der Waals surface area contributed by atoms with Crippen molar-refractivity contribution in [3.63, 3.8) is 0 Å². The van der Waals surface area contributed by atoms with Gasteiger partial charge in [0.05, 0.1) is 0 Å². The molecule has 1 atom stereocenters. The van der Waals surface area contributed by atoms with E-state index in [2.05, 4.69) is 38.1 Å². The quantitative estimate of drug-likeness (QED) is 0.940. The second kappa shape index (κ2) is 5.94. The monoisotopic (exact) mass is 281 g/mol. The van der Waals surface area contributed by atoms with Gasteiger partial charge in [-0.3, -0.25) is 0 Å². The van der Waals surface area contributed by atoms with Crippen LogP contribution in [0.4, 0.5) is 0 Å². The van der Waals surface area contributed by atoms with Gasteiger partial charge in [0, 0.05) is 17.0 Å². The predicted octanol–water partition coefficient (Wildman–Crippen LogP) is 3.08. The van der Waals surface area contributed by atoms with Gasteiger partial charge in [0.25, 0.3) is 0 Å². The topological polar surface area (TPSA) is 51.8 Å². The third-order valence-electron chi connectivity index (χ3n) is 4.54. The van der Waals surface area contributed by atoms with Gasteiger partial charge in [-0.25, -0.2) is 9.97 Å². The number of aryl methyl sites for hydroxylation is 3. The molecule has 21 heavy (non-hydrogen) atoms. The van der Waals surface area contributed by atoms with E-state index >= 15 is 0 Å². The molecule has 0 aliphatic heterocycles. The molecule has 0 saturated heterocycles. The lowest BCUT2D eigenvalue weighted by atomic mass is 9.86. The highest BCUT2D eigenvalue weighted by atomic mass is 14.9. The van der Waals surface area contributed by atoms with E-state index < -0.39 is 0 Å². The second-order valence-corrected chi connectivity index (χ2v) is 5.95. The standard InChI is InChI=1S/C18H23N3/c1-3-13-4-7-15(8-5-13)18-20-12(2)16-10-14(11-19)6-9-17(16)21-18/h4-5,7-8,14H,3,6,9-11,19H2,1-2H3. The third-order valence-corrected chi connectivity index (χ3v) is 4.54. The summed E-state index contributed by atoms with van der Waals surface area (Å²) in [6, 6.07) is 8.59. The number of hydrogen-bond donors (Lipinski definition) is 1. The molecular formula is C18H23N3. The van der Waals surface area contributed by atoms with Gasteiger partial charge in [0.1, 0.15) is 0 Å². The molecule has 2 aromatic rings. The van der Waals surface area contributed by atoms with Crippen LogP contribution in [0, 0.1) is 12.8 Å². The highest BCUT2D eigenvalue weighted by molar-refractivity contribution is 5.56. The Labute approximate surface area is 126 Å². The number of rotatable bonds is 3. The van der Waals surface area contributed by atoms with Crippen LogP contribution in [-0.4, -0.2) is 16.5 Å². The Hall–Kier alpha value is -1.74.